The minimum Gasteiger partial charge on any atom is -0.508 e. The van der Waals surface area contributed by atoms with Gasteiger partial charge in [0, 0.05) is 5.41 Å². The van der Waals surface area contributed by atoms with E-state index in [1.807, 2.05) is 48.5 Å². The van der Waals surface area contributed by atoms with Crippen molar-refractivity contribution in [2.24, 2.45) is 0 Å². The van der Waals surface area contributed by atoms with Gasteiger partial charge in [-0.3, -0.25) is 0 Å². The van der Waals surface area contributed by atoms with E-state index in [9.17, 15) is 9.90 Å². The summed E-state index contributed by atoms with van der Waals surface area (Å²) in [5, 5.41) is 9.73. The molecule has 4 rings (SSSR count). The molecular weight excluding hydrogens is 388 g/mol. The molecule has 0 aromatic heterocycles. The number of rotatable bonds is 5. The maximum atomic E-state index is 12.1. The Hall–Kier alpha value is -4.05. The summed E-state index contributed by atoms with van der Waals surface area (Å²) in [4.78, 5) is 12.1. The smallest absolute Gasteiger partial charge is 0.508 e. The lowest BCUT2D eigenvalue weighted by molar-refractivity contribution is 0.152. The Bertz CT molecular complexity index is 1140. The predicted octanol–water partition coefficient (Wildman–Crippen LogP) is 6.32. The van der Waals surface area contributed by atoms with Crippen molar-refractivity contribution in [2.45, 2.75) is 12.3 Å². The van der Waals surface area contributed by atoms with Gasteiger partial charge in [-0.25, -0.2) is 4.79 Å². The standard InChI is InChI=1S/C27H22O4/c1-27(20-8-4-2-5-9-20,21-12-16-23(28)17-13-21)22-14-18-25(19-15-22)31-26(29)30-24-10-6-3-7-11-24/h2-19,28H,1H3. The number of para-hydroxylation sites is 1. The van der Waals surface area contributed by atoms with Crippen molar-refractivity contribution in [3.05, 3.63) is 126 Å². The summed E-state index contributed by atoms with van der Waals surface area (Å²) in [7, 11) is 0. The van der Waals surface area contributed by atoms with E-state index in [1.54, 1.807) is 48.5 Å². The first kappa shape index (κ1) is 20.2. The highest BCUT2D eigenvalue weighted by Crippen LogP contribution is 2.39. The molecule has 4 aromatic carbocycles. The van der Waals surface area contributed by atoms with Gasteiger partial charge in [0.2, 0.25) is 0 Å². The highest BCUT2D eigenvalue weighted by atomic mass is 16.7. The van der Waals surface area contributed by atoms with Crippen LogP contribution >= 0.6 is 0 Å². The third-order valence-electron chi connectivity index (χ3n) is 5.37. The van der Waals surface area contributed by atoms with Crippen molar-refractivity contribution in [3.8, 4) is 17.2 Å². The first-order valence-corrected chi connectivity index (χ1v) is 9.96. The molecule has 4 aromatic rings. The van der Waals surface area contributed by atoms with E-state index in [-0.39, 0.29) is 5.75 Å². The zero-order valence-corrected chi connectivity index (χ0v) is 17.1. The Balaban J connectivity index is 1.61. The summed E-state index contributed by atoms with van der Waals surface area (Å²) in [6.45, 7) is 2.13. The Morgan fingerprint density at radius 2 is 1.03 bits per heavy atom. The summed E-state index contributed by atoms with van der Waals surface area (Å²) >= 11 is 0. The zero-order valence-electron chi connectivity index (χ0n) is 17.1. The van der Waals surface area contributed by atoms with Gasteiger partial charge in [0.05, 0.1) is 0 Å². The molecule has 0 saturated heterocycles. The van der Waals surface area contributed by atoms with Crippen LogP contribution in [-0.4, -0.2) is 11.3 Å². The molecule has 4 nitrogen and oxygen atoms in total. The molecule has 0 aliphatic rings. The number of phenols is 1. The average Bonchev–Trinajstić information content (AvgIpc) is 2.81. The maximum Gasteiger partial charge on any atom is 0.519 e. The first-order chi connectivity index (χ1) is 15.1. The first-order valence-electron chi connectivity index (χ1n) is 9.96. The molecule has 1 N–H and O–H groups in total. The van der Waals surface area contributed by atoms with Crippen molar-refractivity contribution in [3.63, 3.8) is 0 Å². The SMILES string of the molecule is CC(c1ccccc1)(c1ccc(O)cc1)c1ccc(OC(=O)Oc2ccccc2)cc1. The maximum absolute atomic E-state index is 12.1. The number of aromatic hydroxyl groups is 1. The monoisotopic (exact) mass is 410 g/mol. The van der Waals surface area contributed by atoms with Crippen molar-refractivity contribution in [1.29, 1.82) is 0 Å². The Morgan fingerprint density at radius 1 is 0.613 bits per heavy atom. The van der Waals surface area contributed by atoms with Gasteiger partial charge in [-0.1, -0.05) is 72.8 Å². The largest absolute Gasteiger partial charge is 0.519 e. The van der Waals surface area contributed by atoms with Gasteiger partial charge in [0.1, 0.15) is 17.2 Å². The molecule has 0 bridgehead atoms. The van der Waals surface area contributed by atoms with Gasteiger partial charge < -0.3 is 14.6 Å². The fourth-order valence-electron chi connectivity index (χ4n) is 3.62. The number of hydrogen-bond donors (Lipinski definition) is 1. The van der Waals surface area contributed by atoms with Crippen molar-refractivity contribution in [2.75, 3.05) is 0 Å². The molecule has 0 amide bonds. The summed E-state index contributed by atoms with van der Waals surface area (Å²) in [5.41, 5.74) is 2.71. The van der Waals surface area contributed by atoms with Crippen LogP contribution in [0.5, 0.6) is 17.2 Å². The average molecular weight is 410 g/mol. The van der Waals surface area contributed by atoms with Crippen LogP contribution in [0.25, 0.3) is 0 Å². The van der Waals surface area contributed by atoms with E-state index in [0.717, 1.165) is 16.7 Å². The number of phenolic OH excluding ortho intramolecular Hbond substituents is 1. The van der Waals surface area contributed by atoms with Crippen LogP contribution in [0, 0.1) is 0 Å². The molecule has 1 atom stereocenters. The van der Waals surface area contributed by atoms with Crippen molar-refractivity contribution < 1.29 is 19.4 Å². The number of hydrogen-bond acceptors (Lipinski definition) is 4. The highest BCUT2D eigenvalue weighted by Gasteiger charge is 2.31. The molecule has 0 radical (unpaired) electrons. The fraction of sp³-hybridized carbons (Fsp3) is 0.0741. The topological polar surface area (TPSA) is 55.8 Å². The molecule has 0 aliphatic carbocycles. The number of ether oxygens (including phenoxy) is 2. The van der Waals surface area contributed by atoms with Gasteiger partial charge >= 0.3 is 6.16 Å². The lowest BCUT2D eigenvalue weighted by Crippen LogP contribution is -2.25. The summed E-state index contributed by atoms with van der Waals surface area (Å²) in [5.74, 6) is 1.04. The van der Waals surface area contributed by atoms with Gasteiger partial charge in [-0.15, -0.1) is 0 Å². The van der Waals surface area contributed by atoms with Crippen LogP contribution in [0.2, 0.25) is 0 Å². The molecular formula is C27H22O4. The molecule has 154 valence electrons. The minimum absolute atomic E-state index is 0.222. The van der Waals surface area contributed by atoms with E-state index in [4.69, 9.17) is 9.47 Å². The molecule has 0 fully saturated rings. The molecule has 0 aliphatic heterocycles. The van der Waals surface area contributed by atoms with Crippen LogP contribution in [0.1, 0.15) is 23.6 Å². The van der Waals surface area contributed by atoms with E-state index < -0.39 is 11.6 Å². The Labute approximate surface area is 181 Å². The van der Waals surface area contributed by atoms with Gasteiger partial charge in [-0.05, 0) is 60.0 Å². The van der Waals surface area contributed by atoms with E-state index >= 15 is 0 Å². The van der Waals surface area contributed by atoms with Crippen LogP contribution in [0.3, 0.4) is 0 Å². The highest BCUT2D eigenvalue weighted by molar-refractivity contribution is 5.67. The van der Waals surface area contributed by atoms with Crippen LogP contribution in [0.15, 0.2) is 109 Å². The second kappa shape index (κ2) is 8.76. The molecule has 4 heteroatoms. The molecule has 0 saturated carbocycles. The van der Waals surface area contributed by atoms with E-state index in [2.05, 4.69) is 19.1 Å². The molecule has 31 heavy (non-hydrogen) atoms. The molecule has 0 spiro atoms. The van der Waals surface area contributed by atoms with Gasteiger partial charge in [-0.2, -0.15) is 0 Å². The normalized spacial score (nSPS) is 12.5. The second-order valence-corrected chi connectivity index (χ2v) is 7.33. The van der Waals surface area contributed by atoms with Crippen LogP contribution < -0.4 is 9.47 Å². The minimum atomic E-state index is -0.789. The second-order valence-electron chi connectivity index (χ2n) is 7.33. The molecule has 1 unspecified atom stereocenters. The summed E-state index contributed by atoms with van der Waals surface area (Å²) < 4.78 is 10.5. The Kier molecular flexibility index (Phi) is 5.72. The Morgan fingerprint density at radius 3 is 1.58 bits per heavy atom. The van der Waals surface area contributed by atoms with Crippen LogP contribution in [-0.2, 0) is 5.41 Å². The fourth-order valence-corrected chi connectivity index (χ4v) is 3.62. The zero-order chi connectivity index (χ0) is 21.7. The predicted molar refractivity (Wildman–Crippen MR) is 120 cm³/mol. The summed E-state index contributed by atoms with van der Waals surface area (Å²) in [6.07, 6.45) is -0.789. The number of benzene rings is 4. The third-order valence-corrected chi connectivity index (χ3v) is 5.37. The molecule has 0 heterocycles. The van der Waals surface area contributed by atoms with Crippen molar-refractivity contribution >= 4 is 6.16 Å². The quantitative estimate of drug-likeness (QED) is 0.237. The van der Waals surface area contributed by atoms with Crippen LogP contribution in [0.4, 0.5) is 4.79 Å². The number of carbonyl (C=O) groups is 1. The van der Waals surface area contributed by atoms with E-state index in [0.29, 0.717) is 11.5 Å². The van der Waals surface area contributed by atoms with Gasteiger partial charge in [0.25, 0.3) is 0 Å². The summed E-state index contributed by atoms with van der Waals surface area (Å²) in [6, 6.07) is 33.5. The number of carbonyl (C=O) groups excluding carboxylic acids is 1. The van der Waals surface area contributed by atoms with Gasteiger partial charge in [0.15, 0.2) is 0 Å². The van der Waals surface area contributed by atoms with E-state index in [1.165, 1.54) is 0 Å². The van der Waals surface area contributed by atoms with Crippen molar-refractivity contribution in [1.82, 2.24) is 0 Å². The third kappa shape index (κ3) is 4.43. The lowest BCUT2D eigenvalue weighted by Gasteiger charge is -2.32. The lowest BCUT2D eigenvalue weighted by atomic mass is 9.71.